The van der Waals surface area contributed by atoms with Crippen LogP contribution >= 0.6 is 0 Å². The molecule has 1 N–H and O–H groups in total. The zero-order chi connectivity index (χ0) is 11.0. The maximum atomic E-state index is 10.8. The summed E-state index contributed by atoms with van der Waals surface area (Å²) in [6, 6.07) is 4.83. The number of nitro groups is 1. The fraction of sp³-hybridized carbons (Fsp3) is 0.400. The van der Waals surface area contributed by atoms with Gasteiger partial charge in [-0.25, -0.2) is 0 Å². The van der Waals surface area contributed by atoms with Gasteiger partial charge in [0, 0.05) is 23.7 Å². The number of benzene rings is 1. The fourth-order valence-corrected chi connectivity index (χ4v) is 1.93. The summed E-state index contributed by atoms with van der Waals surface area (Å²) < 4.78 is 0. The zero-order valence-corrected chi connectivity index (χ0v) is 8.38. The highest BCUT2D eigenvalue weighted by Crippen LogP contribution is 2.32. The van der Waals surface area contributed by atoms with Crippen molar-refractivity contribution in [2.75, 3.05) is 13.6 Å². The second-order valence-electron chi connectivity index (χ2n) is 3.71. The lowest BCUT2D eigenvalue weighted by Gasteiger charge is -2.30. The molecule has 0 radical (unpaired) electrons. The molecule has 0 saturated carbocycles. The van der Waals surface area contributed by atoms with Crippen molar-refractivity contribution in [3.8, 4) is 0 Å². The Labute approximate surface area is 87.1 Å². The van der Waals surface area contributed by atoms with Crippen molar-refractivity contribution >= 4 is 5.69 Å². The maximum absolute atomic E-state index is 10.8. The van der Waals surface area contributed by atoms with Gasteiger partial charge < -0.3 is 5.11 Å². The molecule has 5 heteroatoms. The van der Waals surface area contributed by atoms with Gasteiger partial charge in [-0.3, -0.25) is 15.0 Å². The van der Waals surface area contributed by atoms with Gasteiger partial charge in [-0.1, -0.05) is 12.1 Å². The van der Waals surface area contributed by atoms with E-state index in [4.69, 9.17) is 0 Å². The van der Waals surface area contributed by atoms with Crippen molar-refractivity contribution < 1.29 is 10.0 Å². The monoisotopic (exact) mass is 208 g/mol. The van der Waals surface area contributed by atoms with Crippen LogP contribution in [0.1, 0.15) is 17.4 Å². The maximum Gasteiger partial charge on any atom is 0.273 e. The number of aliphatic hydroxyl groups is 1. The van der Waals surface area contributed by atoms with Crippen LogP contribution in [-0.2, 0) is 6.42 Å². The van der Waals surface area contributed by atoms with Crippen molar-refractivity contribution in [2.24, 2.45) is 0 Å². The number of rotatable bonds is 1. The smallest absolute Gasteiger partial charge is 0.273 e. The Kier molecular flexibility index (Phi) is 2.42. The molecule has 2 rings (SSSR count). The first-order chi connectivity index (χ1) is 7.11. The molecular formula is C10H12N2O3. The number of likely N-dealkylation sites (N-methyl/N-ethyl adjacent to an activating group) is 1. The second kappa shape index (κ2) is 3.60. The molecule has 1 aromatic carbocycles. The molecule has 1 unspecified atom stereocenters. The molecular weight excluding hydrogens is 196 g/mol. The standard InChI is InChI=1S/C10H12N2O3/c1-11-6-5-7-8(10(11)13)3-2-4-9(7)12(14)15/h2-4,10,13H,5-6H2,1H3. The Morgan fingerprint density at radius 1 is 1.60 bits per heavy atom. The average molecular weight is 208 g/mol. The lowest BCUT2D eigenvalue weighted by Crippen LogP contribution is -2.32. The van der Waals surface area contributed by atoms with E-state index in [1.54, 1.807) is 24.1 Å². The largest absolute Gasteiger partial charge is 0.374 e. The molecule has 1 atom stereocenters. The second-order valence-corrected chi connectivity index (χ2v) is 3.71. The van der Waals surface area contributed by atoms with E-state index in [0.717, 1.165) is 0 Å². The first kappa shape index (κ1) is 10.1. The normalized spacial score (nSPS) is 21.1. The summed E-state index contributed by atoms with van der Waals surface area (Å²) in [6.07, 6.45) is -0.117. The van der Waals surface area contributed by atoms with E-state index in [2.05, 4.69) is 0 Å². The zero-order valence-electron chi connectivity index (χ0n) is 8.38. The van der Waals surface area contributed by atoms with Gasteiger partial charge >= 0.3 is 0 Å². The minimum Gasteiger partial charge on any atom is -0.374 e. The number of hydrogen-bond donors (Lipinski definition) is 1. The van der Waals surface area contributed by atoms with Gasteiger partial charge in [0.05, 0.1) is 4.92 Å². The predicted octanol–water partition coefficient (Wildman–Crippen LogP) is 1.07. The Morgan fingerprint density at radius 3 is 3.00 bits per heavy atom. The van der Waals surface area contributed by atoms with Gasteiger partial charge in [0.2, 0.25) is 0 Å². The number of fused-ring (bicyclic) bond motifs is 1. The van der Waals surface area contributed by atoms with E-state index in [0.29, 0.717) is 24.1 Å². The number of hydrogen-bond acceptors (Lipinski definition) is 4. The van der Waals surface area contributed by atoms with Gasteiger partial charge in [0.25, 0.3) is 5.69 Å². The van der Waals surface area contributed by atoms with Crippen molar-refractivity contribution in [1.29, 1.82) is 0 Å². The van der Waals surface area contributed by atoms with Crippen LogP contribution in [0, 0.1) is 10.1 Å². The minimum atomic E-state index is -0.728. The topological polar surface area (TPSA) is 66.6 Å². The molecule has 1 aliphatic rings. The first-order valence-electron chi connectivity index (χ1n) is 4.75. The molecule has 0 spiro atoms. The minimum absolute atomic E-state index is 0.111. The average Bonchev–Trinajstić information content (AvgIpc) is 2.23. The van der Waals surface area contributed by atoms with Crippen LogP contribution in [0.4, 0.5) is 5.69 Å². The lowest BCUT2D eigenvalue weighted by molar-refractivity contribution is -0.385. The third-order valence-corrected chi connectivity index (χ3v) is 2.79. The van der Waals surface area contributed by atoms with Gasteiger partial charge in [0.1, 0.15) is 6.23 Å². The molecule has 5 nitrogen and oxygen atoms in total. The Morgan fingerprint density at radius 2 is 2.33 bits per heavy atom. The fourth-order valence-electron chi connectivity index (χ4n) is 1.93. The lowest BCUT2D eigenvalue weighted by atomic mass is 9.97. The van der Waals surface area contributed by atoms with Crippen molar-refractivity contribution in [3.05, 3.63) is 39.4 Å². The molecule has 0 amide bonds. The Bertz CT molecular complexity index is 406. The number of nitro benzene ring substituents is 1. The van der Waals surface area contributed by atoms with Crippen LogP contribution < -0.4 is 0 Å². The summed E-state index contributed by atoms with van der Waals surface area (Å²) in [6.45, 7) is 0.638. The highest BCUT2D eigenvalue weighted by molar-refractivity contribution is 5.47. The van der Waals surface area contributed by atoms with Crippen molar-refractivity contribution in [1.82, 2.24) is 4.90 Å². The van der Waals surface area contributed by atoms with E-state index < -0.39 is 11.2 Å². The Balaban J connectivity index is 2.53. The third kappa shape index (κ3) is 1.60. The quantitative estimate of drug-likeness (QED) is 0.553. The summed E-state index contributed by atoms with van der Waals surface area (Å²) in [4.78, 5) is 12.1. The highest BCUT2D eigenvalue weighted by atomic mass is 16.6. The molecule has 0 fully saturated rings. The van der Waals surface area contributed by atoms with Gasteiger partial charge in [-0.2, -0.15) is 0 Å². The SMILES string of the molecule is CN1CCc2c(cccc2[N+](=O)[O-])C1O. The molecule has 0 aromatic heterocycles. The molecule has 15 heavy (non-hydrogen) atoms. The van der Waals surface area contributed by atoms with E-state index >= 15 is 0 Å². The van der Waals surface area contributed by atoms with Crippen LogP contribution in [0.15, 0.2) is 18.2 Å². The van der Waals surface area contributed by atoms with Crippen LogP contribution in [-0.4, -0.2) is 28.5 Å². The number of aliphatic hydroxyl groups excluding tert-OH is 1. The molecule has 1 aliphatic heterocycles. The number of nitrogens with zero attached hydrogens (tertiary/aromatic N) is 2. The van der Waals surface area contributed by atoms with Crippen LogP contribution in [0.3, 0.4) is 0 Å². The molecule has 80 valence electrons. The molecule has 0 aliphatic carbocycles. The Hall–Kier alpha value is -1.46. The first-order valence-corrected chi connectivity index (χ1v) is 4.75. The summed E-state index contributed by atoms with van der Waals surface area (Å²) >= 11 is 0. The summed E-state index contributed by atoms with van der Waals surface area (Å²) in [5.74, 6) is 0. The molecule has 1 aromatic rings. The summed E-state index contributed by atoms with van der Waals surface area (Å²) in [5.41, 5.74) is 1.42. The molecule has 1 heterocycles. The van der Waals surface area contributed by atoms with Gasteiger partial charge in [-0.05, 0) is 13.5 Å². The third-order valence-electron chi connectivity index (χ3n) is 2.79. The van der Waals surface area contributed by atoms with E-state index in [-0.39, 0.29) is 5.69 Å². The predicted molar refractivity (Wildman–Crippen MR) is 54.4 cm³/mol. The summed E-state index contributed by atoms with van der Waals surface area (Å²) in [7, 11) is 1.80. The van der Waals surface area contributed by atoms with Gasteiger partial charge in [-0.15, -0.1) is 0 Å². The van der Waals surface area contributed by atoms with E-state index in [9.17, 15) is 15.2 Å². The highest BCUT2D eigenvalue weighted by Gasteiger charge is 2.27. The van der Waals surface area contributed by atoms with Crippen LogP contribution in [0.5, 0.6) is 0 Å². The van der Waals surface area contributed by atoms with Crippen LogP contribution in [0.2, 0.25) is 0 Å². The van der Waals surface area contributed by atoms with Crippen molar-refractivity contribution in [2.45, 2.75) is 12.6 Å². The molecule has 0 bridgehead atoms. The molecule has 0 saturated heterocycles. The summed E-state index contributed by atoms with van der Waals surface area (Å²) in [5, 5.41) is 20.6. The van der Waals surface area contributed by atoms with E-state index in [1.165, 1.54) is 6.07 Å². The van der Waals surface area contributed by atoms with Crippen molar-refractivity contribution in [3.63, 3.8) is 0 Å². The van der Waals surface area contributed by atoms with Crippen LogP contribution in [0.25, 0.3) is 0 Å². The van der Waals surface area contributed by atoms with Gasteiger partial charge in [0.15, 0.2) is 0 Å². The van der Waals surface area contributed by atoms with E-state index in [1.807, 2.05) is 0 Å².